The van der Waals surface area contributed by atoms with E-state index >= 15 is 0 Å². The van der Waals surface area contributed by atoms with Crippen molar-refractivity contribution in [3.63, 3.8) is 0 Å². The minimum Gasteiger partial charge on any atom is -0.443 e. The lowest BCUT2D eigenvalue weighted by molar-refractivity contribution is 0.0782. The lowest BCUT2D eigenvalue weighted by Gasteiger charge is -2.33. The van der Waals surface area contributed by atoms with Crippen molar-refractivity contribution < 1.29 is 9.53 Å². The van der Waals surface area contributed by atoms with Crippen LogP contribution < -0.4 is 0 Å². The largest absolute Gasteiger partial charge is 0.443 e. The molecule has 3 rings (SSSR count). The van der Waals surface area contributed by atoms with Gasteiger partial charge in [-0.25, -0.2) is 4.79 Å². The van der Waals surface area contributed by atoms with Crippen LogP contribution in [0.1, 0.15) is 12.0 Å². The molecule has 96 valence electrons. The van der Waals surface area contributed by atoms with Crippen LogP contribution in [0.2, 0.25) is 0 Å². The first kappa shape index (κ1) is 11.5. The van der Waals surface area contributed by atoms with E-state index in [0.29, 0.717) is 6.54 Å². The molecule has 0 spiro atoms. The Morgan fingerprint density at radius 3 is 2.89 bits per heavy atom. The lowest BCUT2D eigenvalue weighted by atomic mass is 10.0. The van der Waals surface area contributed by atoms with Crippen LogP contribution in [0, 0.1) is 0 Å². The highest BCUT2D eigenvalue weighted by molar-refractivity contribution is 5.70. The quantitative estimate of drug-likeness (QED) is 0.796. The number of fused-ring (bicyclic) bond motifs is 1. The number of rotatable bonds is 2. The normalized spacial score (nSPS) is 28.1. The Kier molecular flexibility index (Phi) is 2.96. The van der Waals surface area contributed by atoms with Crippen LogP contribution >= 0.6 is 0 Å². The molecule has 4 nitrogen and oxygen atoms in total. The van der Waals surface area contributed by atoms with Gasteiger partial charge >= 0.3 is 6.09 Å². The van der Waals surface area contributed by atoms with Crippen LogP contribution in [0.5, 0.6) is 0 Å². The zero-order valence-electron chi connectivity index (χ0n) is 10.6. The number of likely N-dealkylation sites (tertiary alicyclic amines) is 1. The van der Waals surface area contributed by atoms with Crippen molar-refractivity contribution in [2.75, 3.05) is 20.1 Å². The number of amides is 1. The Bertz CT molecular complexity index is 435. The second kappa shape index (κ2) is 4.61. The number of piperidine rings is 1. The van der Waals surface area contributed by atoms with Crippen molar-refractivity contribution >= 4 is 6.09 Å². The smallest absolute Gasteiger partial charge is 0.410 e. The highest BCUT2D eigenvalue weighted by atomic mass is 16.6. The Balaban J connectivity index is 1.74. The molecule has 2 saturated heterocycles. The Hall–Kier alpha value is -1.55. The van der Waals surface area contributed by atoms with Crippen molar-refractivity contribution in [3.05, 3.63) is 35.9 Å². The molecule has 0 aliphatic carbocycles. The summed E-state index contributed by atoms with van der Waals surface area (Å²) in [6, 6.07) is 10.3. The van der Waals surface area contributed by atoms with Crippen molar-refractivity contribution in [2.45, 2.75) is 25.1 Å². The van der Waals surface area contributed by atoms with Gasteiger partial charge in [0.15, 0.2) is 0 Å². The van der Waals surface area contributed by atoms with Gasteiger partial charge in [0.05, 0.1) is 6.04 Å². The highest BCUT2D eigenvalue weighted by Gasteiger charge is 2.43. The molecule has 4 heteroatoms. The third-order valence-electron chi connectivity index (χ3n) is 3.81. The van der Waals surface area contributed by atoms with E-state index in [-0.39, 0.29) is 18.2 Å². The average molecular weight is 246 g/mol. The number of likely N-dealkylation sites (N-methyl/N-ethyl adjacent to an activating group) is 1. The molecule has 2 aliphatic rings. The molecule has 18 heavy (non-hydrogen) atoms. The van der Waals surface area contributed by atoms with E-state index in [1.165, 1.54) is 0 Å². The maximum Gasteiger partial charge on any atom is 0.410 e. The maximum atomic E-state index is 11.9. The van der Waals surface area contributed by atoms with Gasteiger partial charge in [-0.2, -0.15) is 0 Å². The summed E-state index contributed by atoms with van der Waals surface area (Å²) in [6.07, 6.45) is 0.879. The molecule has 0 unspecified atom stereocenters. The molecule has 0 N–H and O–H groups in total. The molecule has 1 aromatic carbocycles. The minimum atomic E-state index is -0.163. The number of hydrogen-bond acceptors (Lipinski definition) is 3. The van der Waals surface area contributed by atoms with Crippen LogP contribution in [0.4, 0.5) is 4.79 Å². The van der Waals surface area contributed by atoms with E-state index in [2.05, 4.69) is 24.1 Å². The fourth-order valence-electron chi connectivity index (χ4n) is 2.83. The third kappa shape index (κ3) is 2.08. The summed E-state index contributed by atoms with van der Waals surface area (Å²) >= 11 is 0. The number of ether oxygens (including phenoxy) is 1. The first-order valence-corrected chi connectivity index (χ1v) is 6.44. The molecule has 2 heterocycles. The number of hydrogen-bond donors (Lipinski definition) is 0. The molecule has 2 atom stereocenters. The summed E-state index contributed by atoms with van der Waals surface area (Å²) < 4.78 is 5.47. The number of nitrogens with zero attached hydrogens (tertiary/aromatic N) is 2. The molecule has 0 radical (unpaired) electrons. The second-order valence-corrected chi connectivity index (χ2v) is 5.15. The maximum absolute atomic E-state index is 11.9. The van der Waals surface area contributed by atoms with Gasteiger partial charge in [-0.15, -0.1) is 0 Å². The van der Waals surface area contributed by atoms with Crippen molar-refractivity contribution in [3.8, 4) is 0 Å². The van der Waals surface area contributed by atoms with E-state index in [1.54, 1.807) is 0 Å². The zero-order valence-corrected chi connectivity index (χ0v) is 10.6. The highest BCUT2D eigenvalue weighted by Crippen LogP contribution is 2.27. The topological polar surface area (TPSA) is 32.8 Å². The molecular formula is C14H18N2O2. The predicted molar refractivity (Wildman–Crippen MR) is 68.2 cm³/mol. The van der Waals surface area contributed by atoms with E-state index in [4.69, 9.17) is 4.74 Å². The first-order chi connectivity index (χ1) is 8.74. The van der Waals surface area contributed by atoms with E-state index in [9.17, 15) is 4.79 Å². The van der Waals surface area contributed by atoms with Gasteiger partial charge in [0.1, 0.15) is 6.10 Å². The van der Waals surface area contributed by atoms with E-state index in [0.717, 1.165) is 25.1 Å². The van der Waals surface area contributed by atoms with Gasteiger partial charge in [-0.3, -0.25) is 4.90 Å². The van der Waals surface area contributed by atoms with Crippen molar-refractivity contribution in [1.29, 1.82) is 0 Å². The molecule has 2 aliphatic heterocycles. The van der Waals surface area contributed by atoms with E-state index < -0.39 is 0 Å². The Morgan fingerprint density at radius 1 is 1.33 bits per heavy atom. The van der Waals surface area contributed by atoms with Gasteiger partial charge in [-0.05, 0) is 19.0 Å². The fraction of sp³-hybridized carbons (Fsp3) is 0.500. The van der Waals surface area contributed by atoms with Gasteiger partial charge in [0, 0.05) is 19.6 Å². The van der Waals surface area contributed by atoms with Crippen LogP contribution in [0.3, 0.4) is 0 Å². The van der Waals surface area contributed by atoms with Gasteiger partial charge in [-0.1, -0.05) is 30.3 Å². The van der Waals surface area contributed by atoms with Crippen molar-refractivity contribution in [1.82, 2.24) is 9.80 Å². The predicted octanol–water partition coefficient (Wildman–Crippen LogP) is 1.71. The molecular weight excluding hydrogens is 228 g/mol. The van der Waals surface area contributed by atoms with Gasteiger partial charge in [0.2, 0.25) is 0 Å². The first-order valence-electron chi connectivity index (χ1n) is 6.44. The SMILES string of the molecule is CN1CC[C@H]2[C@H](C1)OC(=O)N2Cc1ccccc1. The molecule has 1 aromatic rings. The standard InChI is InChI=1S/C14H18N2O2/c1-15-8-7-12-13(10-15)18-14(17)16(12)9-11-5-3-2-4-6-11/h2-6,12-13H,7-10H2,1H3/t12-,13-/m0/s1. The van der Waals surface area contributed by atoms with Crippen LogP contribution in [0.25, 0.3) is 0 Å². The monoisotopic (exact) mass is 246 g/mol. The number of carbonyl (C=O) groups is 1. The van der Waals surface area contributed by atoms with Crippen LogP contribution in [-0.2, 0) is 11.3 Å². The zero-order chi connectivity index (χ0) is 12.5. The molecule has 2 fully saturated rings. The lowest BCUT2D eigenvalue weighted by Crippen LogP contribution is -2.47. The summed E-state index contributed by atoms with van der Waals surface area (Å²) in [5.74, 6) is 0. The molecule has 0 bridgehead atoms. The summed E-state index contributed by atoms with van der Waals surface area (Å²) in [7, 11) is 2.07. The van der Waals surface area contributed by atoms with E-state index in [1.807, 2.05) is 23.1 Å². The summed E-state index contributed by atoms with van der Waals surface area (Å²) in [4.78, 5) is 16.0. The Morgan fingerprint density at radius 2 is 2.11 bits per heavy atom. The number of benzene rings is 1. The second-order valence-electron chi connectivity index (χ2n) is 5.15. The summed E-state index contributed by atoms with van der Waals surface area (Å²) in [6.45, 7) is 2.54. The average Bonchev–Trinajstić information content (AvgIpc) is 2.66. The summed E-state index contributed by atoms with van der Waals surface area (Å²) in [5.41, 5.74) is 1.16. The Labute approximate surface area is 107 Å². The minimum absolute atomic E-state index is 0.0416. The van der Waals surface area contributed by atoms with Crippen LogP contribution in [0.15, 0.2) is 30.3 Å². The molecule has 1 amide bonds. The van der Waals surface area contributed by atoms with Crippen LogP contribution in [-0.4, -0.2) is 48.2 Å². The molecule has 0 aromatic heterocycles. The number of carbonyl (C=O) groups excluding carboxylic acids is 1. The molecule has 0 saturated carbocycles. The van der Waals surface area contributed by atoms with Crippen molar-refractivity contribution in [2.24, 2.45) is 0 Å². The fourth-order valence-corrected chi connectivity index (χ4v) is 2.83. The summed E-state index contributed by atoms with van der Waals surface area (Å²) in [5, 5.41) is 0. The van der Waals surface area contributed by atoms with Gasteiger partial charge < -0.3 is 9.64 Å². The third-order valence-corrected chi connectivity index (χ3v) is 3.81. The van der Waals surface area contributed by atoms with Gasteiger partial charge in [0.25, 0.3) is 0 Å².